The lowest BCUT2D eigenvalue weighted by molar-refractivity contribution is -0.384. The highest BCUT2D eigenvalue weighted by Crippen LogP contribution is 2.35. The van der Waals surface area contributed by atoms with Gasteiger partial charge in [-0.15, -0.1) is 0 Å². The molecule has 3 rings (SSSR count). The van der Waals surface area contributed by atoms with Crippen LogP contribution in [-0.4, -0.2) is 54.3 Å². The van der Waals surface area contributed by atoms with E-state index in [0.717, 1.165) is 25.9 Å². The van der Waals surface area contributed by atoms with Crippen molar-refractivity contribution in [3.63, 3.8) is 0 Å². The molecule has 7 heteroatoms. The summed E-state index contributed by atoms with van der Waals surface area (Å²) in [5, 5.41) is 11.3. The Morgan fingerprint density at radius 2 is 1.85 bits per heavy atom. The van der Waals surface area contributed by atoms with E-state index in [1.54, 1.807) is 0 Å². The maximum Gasteiger partial charge on any atom is 0.295 e. The molecule has 0 amide bonds. The lowest BCUT2D eigenvalue weighted by Crippen LogP contribution is -2.52. The number of nitro groups is 1. The molecule has 1 aromatic rings. The van der Waals surface area contributed by atoms with Crippen molar-refractivity contribution in [3.05, 3.63) is 34.1 Å². The fraction of sp³-hybridized carbons (Fsp3) is 0.684. The van der Waals surface area contributed by atoms with Crippen LogP contribution in [0.3, 0.4) is 0 Å². The van der Waals surface area contributed by atoms with Crippen molar-refractivity contribution < 1.29 is 14.1 Å². The number of halogens is 1. The molecule has 6 nitrogen and oxygen atoms in total. The topological polar surface area (TPSA) is 58.8 Å². The van der Waals surface area contributed by atoms with E-state index in [-0.39, 0.29) is 23.6 Å². The molecule has 0 saturated carbocycles. The molecule has 2 heterocycles. The number of hydrogen-bond donors (Lipinski definition) is 0. The number of hydrogen-bond acceptors (Lipinski definition) is 5. The first-order chi connectivity index (χ1) is 12.4. The van der Waals surface area contributed by atoms with E-state index in [4.69, 9.17) is 4.74 Å². The second kappa shape index (κ2) is 7.88. The van der Waals surface area contributed by atoms with Gasteiger partial charge in [0.25, 0.3) is 5.69 Å². The molecule has 26 heavy (non-hydrogen) atoms. The minimum Gasteiger partial charge on any atom is -0.373 e. The van der Waals surface area contributed by atoms with Crippen LogP contribution < -0.4 is 4.90 Å². The maximum absolute atomic E-state index is 14.3. The number of benzene rings is 1. The van der Waals surface area contributed by atoms with Gasteiger partial charge in [-0.1, -0.05) is 6.07 Å². The summed E-state index contributed by atoms with van der Waals surface area (Å²) in [4.78, 5) is 15.1. The third kappa shape index (κ3) is 3.99. The van der Waals surface area contributed by atoms with E-state index >= 15 is 0 Å². The van der Waals surface area contributed by atoms with Crippen LogP contribution in [0.1, 0.15) is 33.6 Å². The Labute approximate surface area is 154 Å². The second-order valence-corrected chi connectivity index (χ2v) is 7.64. The van der Waals surface area contributed by atoms with Crippen LogP contribution in [0.4, 0.5) is 15.8 Å². The molecular formula is C19H28FN3O3. The Bertz CT molecular complexity index is 639. The number of nitro benzene ring substituents is 1. The highest BCUT2D eigenvalue weighted by atomic mass is 19.1. The normalized spacial score (nSPS) is 26.7. The van der Waals surface area contributed by atoms with Crippen LogP contribution >= 0.6 is 0 Å². The fourth-order valence-corrected chi connectivity index (χ4v) is 4.42. The largest absolute Gasteiger partial charge is 0.373 e. The summed E-state index contributed by atoms with van der Waals surface area (Å²) in [7, 11) is 0. The van der Waals surface area contributed by atoms with Crippen molar-refractivity contribution in [1.29, 1.82) is 0 Å². The molecule has 1 aromatic carbocycles. The molecule has 0 bridgehead atoms. The van der Waals surface area contributed by atoms with Gasteiger partial charge >= 0.3 is 0 Å². The van der Waals surface area contributed by atoms with Crippen LogP contribution in [0.25, 0.3) is 0 Å². The molecule has 2 aliphatic rings. The molecule has 0 aromatic heterocycles. The summed E-state index contributed by atoms with van der Waals surface area (Å²) in [5.74, 6) is -0.00360. The first-order valence-corrected chi connectivity index (χ1v) is 9.44. The lowest BCUT2D eigenvalue weighted by atomic mass is 9.88. The second-order valence-electron chi connectivity index (χ2n) is 7.64. The average Bonchev–Trinajstić information content (AvgIpc) is 2.60. The van der Waals surface area contributed by atoms with E-state index in [1.807, 2.05) is 4.90 Å². The van der Waals surface area contributed by atoms with Crippen molar-refractivity contribution in [1.82, 2.24) is 4.90 Å². The van der Waals surface area contributed by atoms with Gasteiger partial charge < -0.3 is 9.64 Å². The highest BCUT2D eigenvalue weighted by molar-refractivity contribution is 5.64. The number of piperidine rings is 1. The number of ether oxygens (including phenoxy) is 1. The number of anilines is 1. The van der Waals surface area contributed by atoms with Crippen molar-refractivity contribution >= 4 is 11.4 Å². The first-order valence-electron chi connectivity index (χ1n) is 9.44. The summed E-state index contributed by atoms with van der Waals surface area (Å²) in [6.07, 6.45) is 2.30. The molecule has 2 aliphatic heterocycles. The van der Waals surface area contributed by atoms with Crippen molar-refractivity contribution in [2.75, 3.05) is 31.1 Å². The molecule has 3 atom stereocenters. The van der Waals surface area contributed by atoms with Crippen LogP contribution in [0.2, 0.25) is 0 Å². The number of para-hydroxylation sites is 1. The van der Waals surface area contributed by atoms with Crippen molar-refractivity contribution in [2.24, 2.45) is 5.92 Å². The predicted molar refractivity (Wildman–Crippen MR) is 99.0 cm³/mol. The molecule has 144 valence electrons. The van der Waals surface area contributed by atoms with E-state index in [1.165, 1.54) is 18.2 Å². The Hall–Kier alpha value is -1.73. The number of rotatable bonds is 4. The van der Waals surface area contributed by atoms with Crippen molar-refractivity contribution in [2.45, 2.75) is 51.9 Å². The highest BCUT2D eigenvalue weighted by Gasteiger charge is 2.33. The van der Waals surface area contributed by atoms with Gasteiger partial charge in [0.05, 0.1) is 17.1 Å². The molecule has 0 radical (unpaired) electrons. The van der Waals surface area contributed by atoms with Crippen LogP contribution in [0.15, 0.2) is 18.2 Å². The molecule has 2 saturated heterocycles. The summed E-state index contributed by atoms with van der Waals surface area (Å²) >= 11 is 0. The van der Waals surface area contributed by atoms with Crippen LogP contribution in [0, 0.1) is 21.8 Å². The zero-order valence-corrected chi connectivity index (χ0v) is 15.7. The summed E-state index contributed by atoms with van der Waals surface area (Å²) in [6.45, 7) is 9.63. The Kier molecular flexibility index (Phi) is 5.77. The predicted octanol–water partition coefficient (Wildman–Crippen LogP) is 3.45. The molecule has 2 fully saturated rings. The van der Waals surface area contributed by atoms with Gasteiger partial charge in [0, 0.05) is 38.3 Å². The zero-order valence-electron chi connectivity index (χ0n) is 15.7. The van der Waals surface area contributed by atoms with E-state index in [2.05, 4.69) is 25.7 Å². The van der Waals surface area contributed by atoms with Crippen LogP contribution in [-0.2, 0) is 4.74 Å². The molecule has 0 aliphatic carbocycles. The van der Waals surface area contributed by atoms with Gasteiger partial charge in [-0.2, -0.15) is 0 Å². The smallest absolute Gasteiger partial charge is 0.295 e. The average molecular weight is 365 g/mol. The molecule has 0 spiro atoms. The lowest BCUT2D eigenvalue weighted by Gasteiger charge is -2.44. The first kappa shape index (κ1) is 19.0. The third-order valence-corrected chi connectivity index (χ3v) is 5.72. The van der Waals surface area contributed by atoms with E-state index in [9.17, 15) is 14.5 Å². The zero-order chi connectivity index (χ0) is 18.8. The Balaban J connectivity index is 1.65. The van der Waals surface area contributed by atoms with Crippen molar-refractivity contribution in [3.8, 4) is 0 Å². The van der Waals surface area contributed by atoms with Gasteiger partial charge in [-0.3, -0.25) is 15.0 Å². The maximum atomic E-state index is 14.3. The van der Waals surface area contributed by atoms with E-state index in [0.29, 0.717) is 25.0 Å². The Morgan fingerprint density at radius 3 is 2.42 bits per heavy atom. The quantitative estimate of drug-likeness (QED) is 0.604. The summed E-state index contributed by atoms with van der Waals surface area (Å²) in [6, 6.07) is 4.51. The third-order valence-electron chi connectivity index (χ3n) is 5.72. The van der Waals surface area contributed by atoms with Crippen LogP contribution in [0.5, 0.6) is 0 Å². The van der Waals surface area contributed by atoms with Gasteiger partial charge in [-0.05, 0) is 45.6 Å². The summed E-state index contributed by atoms with van der Waals surface area (Å²) in [5.41, 5.74) is -0.00968. The van der Waals surface area contributed by atoms with E-state index < -0.39 is 10.7 Å². The van der Waals surface area contributed by atoms with Gasteiger partial charge in [0.15, 0.2) is 11.5 Å². The summed E-state index contributed by atoms with van der Waals surface area (Å²) < 4.78 is 20.1. The fourth-order valence-electron chi connectivity index (χ4n) is 4.42. The molecule has 0 N–H and O–H groups in total. The van der Waals surface area contributed by atoms with Gasteiger partial charge in [0.2, 0.25) is 0 Å². The minimum absolute atomic E-state index is 0.136. The number of nitrogens with zero attached hydrogens (tertiary/aromatic N) is 3. The standard InChI is InChI=1S/C19H28FN3O3/c1-13-11-22(12-14(2)26-13)15(3)16-7-9-21(10-8-16)19-17(20)5-4-6-18(19)23(24)25/h4-6,13-16H,7-12H2,1-3H3/t13-,14+,15?. The molecule has 1 unspecified atom stereocenters. The van der Waals surface area contributed by atoms with Gasteiger partial charge in [-0.25, -0.2) is 4.39 Å². The number of morpholine rings is 1. The minimum atomic E-state index is -0.512. The van der Waals surface area contributed by atoms with Gasteiger partial charge in [0.1, 0.15) is 0 Å². The SMILES string of the molecule is CC(C1CCN(c2c(F)cccc2[N+](=O)[O-])CC1)N1C[C@@H](C)O[C@@H](C)C1. The Morgan fingerprint density at radius 1 is 1.23 bits per heavy atom. The monoisotopic (exact) mass is 365 g/mol. The molecular weight excluding hydrogens is 337 g/mol.